The van der Waals surface area contributed by atoms with E-state index in [0.717, 1.165) is 12.0 Å². The van der Waals surface area contributed by atoms with E-state index in [1.54, 1.807) is 32.4 Å². The van der Waals surface area contributed by atoms with Gasteiger partial charge in [0.15, 0.2) is 11.5 Å². The van der Waals surface area contributed by atoms with Gasteiger partial charge in [0.25, 0.3) is 0 Å². The molecule has 1 rings (SSSR count). The minimum Gasteiger partial charge on any atom is -0.493 e. The highest BCUT2D eigenvalue weighted by Gasteiger charge is 2.11. The third-order valence-electron chi connectivity index (χ3n) is 2.93. The van der Waals surface area contributed by atoms with Crippen LogP contribution in [0.15, 0.2) is 18.2 Å². The Morgan fingerprint density at radius 3 is 2.74 bits per heavy atom. The molecule has 0 saturated heterocycles. The van der Waals surface area contributed by atoms with Crippen LogP contribution in [0, 0.1) is 0 Å². The number of halogens is 1. The predicted octanol–water partition coefficient (Wildman–Crippen LogP) is 3.30. The first kappa shape index (κ1) is 19.3. The lowest BCUT2D eigenvalue weighted by Gasteiger charge is -2.13. The molecule has 0 spiro atoms. The molecule has 0 aliphatic carbocycles. The van der Waals surface area contributed by atoms with E-state index in [2.05, 4.69) is 5.32 Å². The molecule has 0 aliphatic heterocycles. The summed E-state index contributed by atoms with van der Waals surface area (Å²) < 4.78 is 15.9. The average molecular weight is 342 g/mol. The van der Waals surface area contributed by atoms with Crippen LogP contribution in [-0.2, 0) is 9.53 Å². The second-order valence-electron chi connectivity index (χ2n) is 5.08. The van der Waals surface area contributed by atoms with E-state index < -0.39 is 0 Å². The molecule has 1 N–H and O–H groups in total. The molecule has 1 aromatic rings. The Kier molecular flexibility index (Phi) is 8.51. The predicted molar refractivity (Wildman–Crippen MR) is 92.3 cm³/mol. The molecule has 0 fully saturated rings. The normalized spacial score (nSPS) is 12.2. The van der Waals surface area contributed by atoms with Crippen molar-refractivity contribution in [2.45, 2.75) is 26.3 Å². The molecule has 0 heterocycles. The van der Waals surface area contributed by atoms with Gasteiger partial charge in [-0.3, -0.25) is 4.79 Å². The van der Waals surface area contributed by atoms with Gasteiger partial charge in [-0.1, -0.05) is 18.5 Å². The quantitative estimate of drug-likeness (QED) is 0.700. The highest BCUT2D eigenvalue weighted by Crippen LogP contribution is 2.36. The molecular weight excluding hydrogens is 318 g/mol. The van der Waals surface area contributed by atoms with Gasteiger partial charge >= 0.3 is 0 Å². The standard InChI is InChI=1S/C17H24ClNO4/c1-5-8-23-17-14(18)9-13(10-15(17)22-4)6-7-16(20)19-12(2)11-21-3/h6-7,9-10,12H,5,8,11H2,1-4H3,(H,19,20). The fourth-order valence-electron chi connectivity index (χ4n) is 1.93. The second kappa shape index (κ2) is 10.1. The lowest BCUT2D eigenvalue weighted by Crippen LogP contribution is -2.34. The van der Waals surface area contributed by atoms with Crippen molar-refractivity contribution in [1.82, 2.24) is 5.32 Å². The number of amides is 1. The van der Waals surface area contributed by atoms with Gasteiger partial charge in [-0.05, 0) is 37.1 Å². The number of benzene rings is 1. The minimum atomic E-state index is -0.198. The van der Waals surface area contributed by atoms with E-state index in [1.807, 2.05) is 13.8 Å². The summed E-state index contributed by atoms with van der Waals surface area (Å²) in [4.78, 5) is 11.8. The van der Waals surface area contributed by atoms with Gasteiger partial charge in [0.2, 0.25) is 5.91 Å². The molecule has 1 aromatic carbocycles. The maximum atomic E-state index is 11.8. The second-order valence-corrected chi connectivity index (χ2v) is 5.49. The molecule has 1 unspecified atom stereocenters. The van der Waals surface area contributed by atoms with E-state index in [9.17, 15) is 4.79 Å². The summed E-state index contributed by atoms with van der Waals surface area (Å²) >= 11 is 6.23. The Bertz CT molecular complexity index is 546. The number of rotatable bonds is 9. The molecule has 0 bridgehead atoms. The van der Waals surface area contributed by atoms with Crippen LogP contribution in [0.1, 0.15) is 25.8 Å². The van der Waals surface area contributed by atoms with Gasteiger partial charge in [-0.25, -0.2) is 0 Å². The molecule has 0 saturated carbocycles. The van der Waals surface area contributed by atoms with Crippen molar-refractivity contribution in [1.29, 1.82) is 0 Å². The monoisotopic (exact) mass is 341 g/mol. The van der Waals surface area contributed by atoms with Crippen LogP contribution < -0.4 is 14.8 Å². The molecule has 23 heavy (non-hydrogen) atoms. The molecule has 128 valence electrons. The Labute approximate surface area is 142 Å². The summed E-state index contributed by atoms with van der Waals surface area (Å²) in [6.07, 6.45) is 4.00. The van der Waals surface area contributed by atoms with Crippen molar-refractivity contribution < 1.29 is 19.0 Å². The fraction of sp³-hybridized carbons (Fsp3) is 0.471. The first-order chi connectivity index (χ1) is 11.0. The van der Waals surface area contributed by atoms with E-state index in [1.165, 1.54) is 6.08 Å². The van der Waals surface area contributed by atoms with Gasteiger partial charge in [-0.2, -0.15) is 0 Å². The van der Waals surface area contributed by atoms with Gasteiger partial charge in [0.1, 0.15) is 0 Å². The van der Waals surface area contributed by atoms with Gasteiger partial charge in [-0.15, -0.1) is 0 Å². The summed E-state index contributed by atoms with van der Waals surface area (Å²) in [5.41, 5.74) is 0.755. The van der Waals surface area contributed by atoms with Crippen molar-refractivity contribution in [3.8, 4) is 11.5 Å². The Balaban J connectivity index is 2.82. The minimum absolute atomic E-state index is 0.0555. The van der Waals surface area contributed by atoms with Gasteiger partial charge in [0, 0.05) is 19.2 Å². The van der Waals surface area contributed by atoms with Crippen LogP contribution in [-0.4, -0.2) is 39.4 Å². The van der Waals surface area contributed by atoms with Crippen molar-refractivity contribution in [3.05, 3.63) is 28.8 Å². The van der Waals surface area contributed by atoms with Crippen LogP contribution in [0.25, 0.3) is 6.08 Å². The van der Waals surface area contributed by atoms with E-state index >= 15 is 0 Å². The first-order valence-electron chi connectivity index (χ1n) is 7.49. The molecule has 0 aliphatic rings. The smallest absolute Gasteiger partial charge is 0.244 e. The molecule has 0 radical (unpaired) electrons. The zero-order valence-corrected chi connectivity index (χ0v) is 14.8. The van der Waals surface area contributed by atoms with Crippen LogP contribution in [0.3, 0.4) is 0 Å². The lowest BCUT2D eigenvalue weighted by molar-refractivity contribution is -0.117. The van der Waals surface area contributed by atoms with Gasteiger partial charge < -0.3 is 19.5 Å². The van der Waals surface area contributed by atoms with Crippen molar-refractivity contribution in [3.63, 3.8) is 0 Å². The number of carbonyl (C=O) groups is 1. The van der Waals surface area contributed by atoms with Crippen LogP contribution in [0.5, 0.6) is 11.5 Å². The van der Waals surface area contributed by atoms with Crippen molar-refractivity contribution >= 4 is 23.6 Å². The Hall–Kier alpha value is -1.72. The van der Waals surface area contributed by atoms with Crippen LogP contribution >= 0.6 is 11.6 Å². The summed E-state index contributed by atoms with van der Waals surface area (Å²) in [5, 5.41) is 3.24. The topological polar surface area (TPSA) is 56.8 Å². The summed E-state index contributed by atoms with van der Waals surface area (Å²) in [5.74, 6) is 0.862. The summed E-state index contributed by atoms with van der Waals surface area (Å²) in [6, 6.07) is 3.46. The highest BCUT2D eigenvalue weighted by atomic mass is 35.5. The van der Waals surface area contributed by atoms with Crippen molar-refractivity contribution in [2.24, 2.45) is 0 Å². The number of ether oxygens (including phenoxy) is 3. The molecule has 1 amide bonds. The zero-order chi connectivity index (χ0) is 17.2. The molecule has 6 heteroatoms. The molecule has 0 aromatic heterocycles. The molecular formula is C17H24ClNO4. The zero-order valence-electron chi connectivity index (χ0n) is 14.0. The van der Waals surface area contributed by atoms with E-state index in [0.29, 0.717) is 29.7 Å². The summed E-state index contributed by atoms with van der Waals surface area (Å²) in [6.45, 7) is 4.91. The van der Waals surface area contributed by atoms with Gasteiger partial charge in [0.05, 0.1) is 25.3 Å². The van der Waals surface area contributed by atoms with E-state index in [-0.39, 0.29) is 11.9 Å². The maximum absolute atomic E-state index is 11.8. The number of nitrogens with one attached hydrogen (secondary N) is 1. The highest BCUT2D eigenvalue weighted by molar-refractivity contribution is 6.32. The van der Waals surface area contributed by atoms with E-state index in [4.69, 9.17) is 25.8 Å². The maximum Gasteiger partial charge on any atom is 0.244 e. The van der Waals surface area contributed by atoms with Crippen LogP contribution in [0.2, 0.25) is 5.02 Å². The first-order valence-corrected chi connectivity index (χ1v) is 7.87. The third kappa shape index (κ3) is 6.50. The largest absolute Gasteiger partial charge is 0.493 e. The fourth-order valence-corrected chi connectivity index (χ4v) is 2.21. The number of hydrogen-bond acceptors (Lipinski definition) is 4. The lowest BCUT2D eigenvalue weighted by atomic mass is 10.2. The number of hydrogen-bond donors (Lipinski definition) is 1. The molecule has 5 nitrogen and oxygen atoms in total. The molecule has 1 atom stereocenters. The number of methoxy groups -OCH3 is 2. The average Bonchev–Trinajstić information content (AvgIpc) is 2.51. The SMILES string of the molecule is CCCOc1c(Cl)cc(C=CC(=O)NC(C)COC)cc1OC. The van der Waals surface area contributed by atoms with Crippen molar-refractivity contribution in [2.75, 3.05) is 27.4 Å². The number of carbonyl (C=O) groups excluding carboxylic acids is 1. The Morgan fingerprint density at radius 2 is 2.13 bits per heavy atom. The third-order valence-corrected chi connectivity index (χ3v) is 3.22. The van der Waals surface area contributed by atoms with Crippen LogP contribution in [0.4, 0.5) is 0 Å². The summed E-state index contributed by atoms with van der Waals surface area (Å²) in [7, 11) is 3.14. The Morgan fingerprint density at radius 1 is 1.39 bits per heavy atom.